The monoisotopic (exact) mass is 312 g/mol. The molecule has 4 heteroatoms. The third-order valence-corrected chi connectivity index (χ3v) is 3.75. The molecule has 2 aromatic rings. The molecule has 0 radical (unpaired) electrons. The molecule has 2 aromatic carbocycles. The molecule has 0 bridgehead atoms. The molecule has 120 valence electrons. The molecule has 0 saturated carbocycles. The van der Waals surface area contributed by atoms with Gasteiger partial charge in [-0.3, -0.25) is 4.79 Å². The van der Waals surface area contributed by atoms with E-state index in [1.54, 1.807) is 0 Å². The lowest BCUT2D eigenvalue weighted by Gasteiger charge is -2.28. The van der Waals surface area contributed by atoms with Crippen LogP contribution in [0.15, 0.2) is 55.1 Å². The van der Waals surface area contributed by atoms with E-state index in [1.165, 1.54) is 0 Å². The number of nitrogens with zero attached hydrogens (tertiary/aromatic N) is 1. The summed E-state index contributed by atoms with van der Waals surface area (Å²) in [5.74, 6) is -0.360. The fourth-order valence-electron chi connectivity index (χ4n) is 2.37. The van der Waals surface area contributed by atoms with Crippen LogP contribution in [-0.4, -0.2) is 50.0 Å². The van der Waals surface area contributed by atoms with Gasteiger partial charge >= 0.3 is 5.97 Å². The molecule has 0 aliphatic heterocycles. The Labute approximate surface area is 136 Å². The maximum absolute atomic E-state index is 12.5. The van der Waals surface area contributed by atoms with Crippen LogP contribution in [-0.2, 0) is 9.53 Å². The highest BCUT2D eigenvalue weighted by molar-refractivity contribution is 6.00. The van der Waals surface area contributed by atoms with Crippen molar-refractivity contribution >= 4 is 22.5 Å². The first-order valence-electron chi connectivity index (χ1n) is 7.54. The van der Waals surface area contributed by atoms with Crippen molar-refractivity contribution in [3.63, 3.8) is 0 Å². The van der Waals surface area contributed by atoms with E-state index in [-0.39, 0.29) is 12.4 Å². The van der Waals surface area contributed by atoms with Crippen LogP contribution in [0.5, 0.6) is 0 Å². The van der Waals surface area contributed by atoms with Gasteiger partial charge in [0.2, 0.25) is 5.78 Å². The van der Waals surface area contributed by atoms with Crippen LogP contribution in [0, 0.1) is 0 Å². The molecule has 0 aliphatic carbocycles. The van der Waals surface area contributed by atoms with E-state index in [0.29, 0.717) is 23.1 Å². The Bertz CT molecular complexity index is 734. The van der Waals surface area contributed by atoms with Crippen LogP contribution in [0.3, 0.4) is 0 Å². The Balaban J connectivity index is 2.01. The van der Waals surface area contributed by atoms with Crippen molar-refractivity contribution in [2.45, 2.75) is 0 Å². The van der Waals surface area contributed by atoms with Crippen molar-refractivity contribution in [2.24, 2.45) is 0 Å². The summed E-state index contributed by atoms with van der Waals surface area (Å²) < 4.78 is 5.44. The van der Waals surface area contributed by atoms with Crippen molar-refractivity contribution in [2.75, 3.05) is 33.8 Å². The van der Waals surface area contributed by atoms with E-state index in [1.807, 2.05) is 56.6 Å². The van der Waals surface area contributed by atoms with Crippen molar-refractivity contribution in [3.8, 4) is 0 Å². The van der Waals surface area contributed by atoms with Gasteiger partial charge in [0, 0.05) is 11.6 Å². The third kappa shape index (κ3) is 4.76. The summed E-state index contributed by atoms with van der Waals surface area (Å²) in [5.41, 5.74) is 0.706. The number of fused-ring (bicyclic) bond motifs is 1. The lowest BCUT2D eigenvalue weighted by atomic mass is 10.0. The standard InChI is InChI=1S/C19H22NO3/c1-4-19(22)23-12-11-20(2,3)14-18(21)17-10-9-15-7-5-6-8-16(15)13-17/h4-10,13H,1,11-12,14H2,2-3H3/q+1. The normalized spacial score (nSPS) is 11.2. The van der Waals surface area contributed by atoms with Crippen LogP contribution < -0.4 is 0 Å². The van der Waals surface area contributed by atoms with E-state index in [2.05, 4.69) is 6.58 Å². The minimum Gasteiger partial charge on any atom is -0.457 e. The van der Waals surface area contributed by atoms with Gasteiger partial charge in [0.15, 0.2) is 0 Å². The molecule has 4 nitrogen and oxygen atoms in total. The maximum atomic E-state index is 12.5. The second kappa shape index (κ2) is 7.20. The average molecular weight is 312 g/mol. The van der Waals surface area contributed by atoms with Gasteiger partial charge in [0.25, 0.3) is 0 Å². The van der Waals surface area contributed by atoms with Gasteiger partial charge < -0.3 is 9.22 Å². The number of esters is 1. The molecule has 0 aliphatic rings. The Morgan fingerprint density at radius 3 is 2.52 bits per heavy atom. The van der Waals surface area contributed by atoms with Crippen LogP contribution in [0.4, 0.5) is 0 Å². The predicted molar refractivity (Wildman–Crippen MR) is 91.3 cm³/mol. The number of carbonyl (C=O) groups excluding carboxylic acids is 2. The summed E-state index contributed by atoms with van der Waals surface area (Å²) in [4.78, 5) is 23.6. The van der Waals surface area contributed by atoms with Gasteiger partial charge in [-0.15, -0.1) is 0 Å². The zero-order chi connectivity index (χ0) is 16.9. The molecule has 0 spiro atoms. The zero-order valence-electron chi connectivity index (χ0n) is 13.6. The van der Waals surface area contributed by atoms with Crippen LogP contribution >= 0.6 is 0 Å². The quantitative estimate of drug-likeness (QED) is 0.342. The Hall–Kier alpha value is -2.46. The smallest absolute Gasteiger partial charge is 0.330 e. The van der Waals surface area contributed by atoms with E-state index >= 15 is 0 Å². The van der Waals surface area contributed by atoms with Gasteiger partial charge in [0.05, 0.1) is 14.1 Å². The Morgan fingerprint density at radius 1 is 1.13 bits per heavy atom. The average Bonchev–Trinajstić information content (AvgIpc) is 2.53. The summed E-state index contributed by atoms with van der Waals surface area (Å²) in [6, 6.07) is 13.7. The van der Waals surface area contributed by atoms with Crippen molar-refractivity contribution < 1.29 is 18.8 Å². The van der Waals surface area contributed by atoms with E-state index in [9.17, 15) is 9.59 Å². The number of likely N-dealkylation sites (N-methyl/N-ethyl adjacent to an activating group) is 1. The van der Waals surface area contributed by atoms with Gasteiger partial charge in [-0.2, -0.15) is 0 Å². The van der Waals surface area contributed by atoms with Gasteiger partial charge in [-0.05, 0) is 16.8 Å². The first-order valence-corrected chi connectivity index (χ1v) is 7.54. The van der Waals surface area contributed by atoms with E-state index in [4.69, 9.17) is 4.74 Å². The minimum atomic E-state index is -0.439. The second-order valence-corrected chi connectivity index (χ2v) is 6.17. The van der Waals surface area contributed by atoms with Crippen LogP contribution in [0.25, 0.3) is 10.8 Å². The van der Waals surface area contributed by atoms with Gasteiger partial charge in [-0.1, -0.05) is 43.0 Å². The third-order valence-electron chi connectivity index (χ3n) is 3.75. The molecular formula is C19H22NO3+. The van der Waals surface area contributed by atoms with Crippen LogP contribution in [0.2, 0.25) is 0 Å². The van der Waals surface area contributed by atoms with Crippen LogP contribution in [0.1, 0.15) is 10.4 Å². The fourth-order valence-corrected chi connectivity index (χ4v) is 2.37. The molecule has 0 amide bonds. The SMILES string of the molecule is C=CC(=O)OCC[N+](C)(C)CC(=O)c1ccc2ccccc2c1. The zero-order valence-corrected chi connectivity index (χ0v) is 13.6. The lowest BCUT2D eigenvalue weighted by molar-refractivity contribution is -0.882. The number of benzene rings is 2. The highest BCUT2D eigenvalue weighted by Crippen LogP contribution is 2.16. The largest absolute Gasteiger partial charge is 0.457 e. The minimum absolute atomic E-state index is 0.0794. The highest BCUT2D eigenvalue weighted by Gasteiger charge is 2.21. The number of hydrogen-bond acceptors (Lipinski definition) is 3. The molecule has 0 heterocycles. The fraction of sp³-hybridized carbons (Fsp3) is 0.263. The van der Waals surface area contributed by atoms with E-state index < -0.39 is 5.97 Å². The summed E-state index contributed by atoms with van der Waals surface area (Å²) in [6.45, 7) is 4.54. The summed E-state index contributed by atoms with van der Waals surface area (Å²) >= 11 is 0. The number of Topliss-reactive ketones (excluding diaryl/α,β-unsaturated/α-hetero) is 1. The summed E-state index contributed by atoms with van der Waals surface area (Å²) in [7, 11) is 3.89. The molecule has 0 unspecified atom stereocenters. The number of ketones is 1. The molecule has 0 aromatic heterocycles. The number of ether oxygens (including phenoxy) is 1. The molecule has 2 rings (SSSR count). The molecule has 0 fully saturated rings. The van der Waals surface area contributed by atoms with Crippen molar-refractivity contribution in [1.29, 1.82) is 0 Å². The maximum Gasteiger partial charge on any atom is 0.330 e. The van der Waals surface area contributed by atoms with Gasteiger partial charge in [-0.25, -0.2) is 4.79 Å². The Kier molecular flexibility index (Phi) is 5.29. The molecule has 0 saturated heterocycles. The summed E-state index contributed by atoms with van der Waals surface area (Å²) in [6.07, 6.45) is 1.14. The number of quaternary nitrogens is 1. The predicted octanol–water partition coefficient (Wildman–Crippen LogP) is 2.83. The second-order valence-electron chi connectivity index (χ2n) is 6.17. The van der Waals surface area contributed by atoms with Crippen molar-refractivity contribution in [3.05, 3.63) is 60.7 Å². The lowest BCUT2D eigenvalue weighted by Crippen LogP contribution is -2.46. The van der Waals surface area contributed by atoms with Crippen molar-refractivity contribution in [1.82, 2.24) is 0 Å². The first kappa shape index (κ1) is 16.9. The molecule has 0 atom stereocenters. The number of carbonyl (C=O) groups is 2. The molecular weight excluding hydrogens is 290 g/mol. The van der Waals surface area contributed by atoms with E-state index in [0.717, 1.165) is 16.8 Å². The number of hydrogen-bond donors (Lipinski definition) is 0. The summed E-state index contributed by atoms with van der Waals surface area (Å²) in [5, 5.41) is 2.18. The molecule has 0 N–H and O–H groups in total. The highest BCUT2D eigenvalue weighted by atomic mass is 16.5. The molecule has 23 heavy (non-hydrogen) atoms. The Morgan fingerprint density at radius 2 is 1.83 bits per heavy atom. The first-order chi connectivity index (χ1) is 10.9. The topological polar surface area (TPSA) is 43.4 Å². The van der Waals surface area contributed by atoms with Gasteiger partial charge in [0.1, 0.15) is 19.7 Å². The number of rotatable bonds is 7.